The van der Waals surface area contributed by atoms with E-state index in [-0.39, 0.29) is 6.61 Å². The molecule has 4 nitrogen and oxygen atoms in total. The van der Waals surface area contributed by atoms with Crippen molar-refractivity contribution >= 4 is 5.97 Å². The van der Waals surface area contributed by atoms with Gasteiger partial charge < -0.3 is 14.8 Å². The zero-order valence-electron chi connectivity index (χ0n) is 11.0. The van der Waals surface area contributed by atoms with Gasteiger partial charge in [0.05, 0.1) is 6.61 Å². The number of halogens is 2. The van der Waals surface area contributed by atoms with Crippen LogP contribution in [-0.2, 0) is 16.1 Å². The van der Waals surface area contributed by atoms with Crippen molar-refractivity contribution < 1.29 is 23.0 Å². The predicted octanol–water partition coefficient (Wildman–Crippen LogP) is 2.02. The number of ether oxygens (including phenoxy) is 2. The van der Waals surface area contributed by atoms with Crippen LogP contribution in [0.3, 0.4) is 0 Å². The Balaban J connectivity index is 2.71. The van der Waals surface area contributed by atoms with E-state index in [4.69, 9.17) is 4.74 Å². The van der Waals surface area contributed by atoms with Gasteiger partial charge in [-0.2, -0.15) is 0 Å². The lowest BCUT2D eigenvalue weighted by molar-refractivity contribution is -0.145. The predicted molar refractivity (Wildman–Crippen MR) is 65.9 cm³/mol. The molecule has 106 valence electrons. The van der Waals surface area contributed by atoms with Crippen molar-refractivity contribution in [3.05, 3.63) is 29.3 Å². The van der Waals surface area contributed by atoms with Gasteiger partial charge in [-0.25, -0.2) is 13.6 Å². The van der Waals surface area contributed by atoms with E-state index in [0.29, 0.717) is 18.7 Å². The monoisotopic (exact) mass is 273 g/mol. The molecule has 0 fully saturated rings. The largest absolute Gasteiger partial charge is 0.476 e. The molecule has 0 saturated carbocycles. The summed E-state index contributed by atoms with van der Waals surface area (Å²) in [6.07, 6.45) is 0. The molecule has 0 heterocycles. The Bertz CT molecular complexity index is 415. The minimum absolute atomic E-state index is 0.189. The Kier molecular flexibility index (Phi) is 6.21. The quantitative estimate of drug-likeness (QED) is 0.772. The van der Waals surface area contributed by atoms with E-state index in [1.807, 2.05) is 6.92 Å². The van der Waals surface area contributed by atoms with Crippen molar-refractivity contribution in [2.24, 2.45) is 0 Å². The lowest BCUT2D eigenvalue weighted by Crippen LogP contribution is -2.16. The Morgan fingerprint density at radius 2 is 1.89 bits per heavy atom. The summed E-state index contributed by atoms with van der Waals surface area (Å²) in [6.45, 7) is 4.26. The van der Waals surface area contributed by atoms with Crippen LogP contribution in [0.5, 0.6) is 5.75 Å². The normalized spacial score (nSPS) is 10.3. The molecule has 1 N–H and O–H groups in total. The minimum atomic E-state index is -0.836. The molecule has 1 rings (SSSR count). The standard InChI is InChI=1S/C13H17F2NO3/c1-3-16-7-9-5-10(14)13(11(15)6-9)19-8-12(17)18-4-2/h5-6,16H,3-4,7-8H2,1-2H3. The summed E-state index contributed by atoms with van der Waals surface area (Å²) in [7, 11) is 0. The Morgan fingerprint density at radius 3 is 2.42 bits per heavy atom. The first-order valence-corrected chi connectivity index (χ1v) is 6.05. The summed E-state index contributed by atoms with van der Waals surface area (Å²) in [5, 5.41) is 2.96. The third-order valence-corrected chi connectivity index (χ3v) is 2.28. The fourth-order valence-corrected chi connectivity index (χ4v) is 1.46. The highest BCUT2D eigenvalue weighted by atomic mass is 19.1. The Labute approximate surface area is 110 Å². The zero-order valence-corrected chi connectivity index (χ0v) is 11.0. The SMILES string of the molecule is CCNCc1cc(F)c(OCC(=O)OCC)c(F)c1. The molecule has 0 spiro atoms. The van der Waals surface area contributed by atoms with Crippen LogP contribution < -0.4 is 10.1 Å². The van der Waals surface area contributed by atoms with Crippen molar-refractivity contribution in [1.82, 2.24) is 5.32 Å². The van der Waals surface area contributed by atoms with E-state index in [9.17, 15) is 13.6 Å². The molecule has 6 heteroatoms. The first kappa shape index (κ1) is 15.4. The molecular weight excluding hydrogens is 256 g/mol. The molecule has 0 atom stereocenters. The third-order valence-electron chi connectivity index (χ3n) is 2.28. The number of hydrogen-bond donors (Lipinski definition) is 1. The van der Waals surface area contributed by atoms with Gasteiger partial charge in [0.2, 0.25) is 0 Å². The van der Waals surface area contributed by atoms with Gasteiger partial charge in [0, 0.05) is 6.54 Å². The average molecular weight is 273 g/mol. The molecule has 0 aliphatic carbocycles. The maximum Gasteiger partial charge on any atom is 0.344 e. The van der Waals surface area contributed by atoms with E-state index >= 15 is 0 Å². The summed E-state index contributed by atoms with van der Waals surface area (Å²) in [5.74, 6) is -2.90. The van der Waals surface area contributed by atoms with Gasteiger partial charge in [-0.15, -0.1) is 0 Å². The van der Waals surface area contributed by atoms with Crippen LogP contribution in [0.15, 0.2) is 12.1 Å². The van der Waals surface area contributed by atoms with Crippen LogP contribution in [0.1, 0.15) is 19.4 Å². The lowest BCUT2D eigenvalue weighted by atomic mass is 10.2. The summed E-state index contributed by atoms with van der Waals surface area (Å²) in [5.41, 5.74) is 0.473. The van der Waals surface area contributed by atoms with E-state index in [1.165, 1.54) is 12.1 Å². The second kappa shape index (κ2) is 7.68. The van der Waals surface area contributed by atoms with Gasteiger partial charge in [-0.1, -0.05) is 6.92 Å². The van der Waals surface area contributed by atoms with Crippen molar-refractivity contribution in [3.8, 4) is 5.75 Å². The van der Waals surface area contributed by atoms with Crippen LogP contribution in [-0.4, -0.2) is 25.7 Å². The van der Waals surface area contributed by atoms with E-state index in [0.717, 1.165) is 0 Å². The van der Waals surface area contributed by atoms with Crippen molar-refractivity contribution in [1.29, 1.82) is 0 Å². The van der Waals surface area contributed by atoms with Gasteiger partial charge >= 0.3 is 5.97 Å². The minimum Gasteiger partial charge on any atom is -0.476 e. The molecular formula is C13H17F2NO3. The van der Waals surface area contributed by atoms with E-state index < -0.39 is 30.0 Å². The third kappa shape index (κ3) is 4.82. The molecule has 0 radical (unpaired) electrons. The topological polar surface area (TPSA) is 47.6 Å². The van der Waals surface area contributed by atoms with Crippen LogP contribution in [0, 0.1) is 11.6 Å². The van der Waals surface area contributed by atoms with E-state index in [2.05, 4.69) is 10.1 Å². The maximum absolute atomic E-state index is 13.6. The smallest absolute Gasteiger partial charge is 0.344 e. The number of carbonyl (C=O) groups is 1. The Hall–Kier alpha value is -1.69. The van der Waals surface area contributed by atoms with Crippen LogP contribution in [0.25, 0.3) is 0 Å². The van der Waals surface area contributed by atoms with Crippen molar-refractivity contribution in [2.45, 2.75) is 20.4 Å². The van der Waals surface area contributed by atoms with Gasteiger partial charge in [0.25, 0.3) is 0 Å². The molecule has 0 amide bonds. The molecule has 19 heavy (non-hydrogen) atoms. The summed E-state index contributed by atoms with van der Waals surface area (Å²) in [4.78, 5) is 11.0. The van der Waals surface area contributed by atoms with Gasteiger partial charge in [-0.3, -0.25) is 0 Å². The van der Waals surface area contributed by atoms with Crippen LogP contribution in [0.4, 0.5) is 8.78 Å². The molecule has 0 saturated heterocycles. The van der Waals surface area contributed by atoms with Gasteiger partial charge in [-0.05, 0) is 31.2 Å². The number of esters is 1. The number of benzene rings is 1. The number of nitrogens with one attached hydrogen (secondary N) is 1. The van der Waals surface area contributed by atoms with Crippen molar-refractivity contribution in [3.63, 3.8) is 0 Å². The average Bonchev–Trinajstić information content (AvgIpc) is 2.35. The second-order valence-corrected chi connectivity index (χ2v) is 3.76. The Morgan fingerprint density at radius 1 is 1.26 bits per heavy atom. The summed E-state index contributed by atoms with van der Waals surface area (Å²) < 4.78 is 36.7. The lowest BCUT2D eigenvalue weighted by Gasteiger charge is -2.10. The number of hydrogen-bond acceptors (Lipinski definition) is 4. The molecule has 0 aliphatic heterocycles. The first-order valence-electron chi connectivity index (χ1n) is 6.05. The number of rotatable bonds is 7. The van der Waals surface area contributed by atoms with Crippen molar-refractivity contribution in [2.75, 3.05) is 19.8 Å². The molecule has 0 bridgehead atoms. The molecule has 0 unspecified atom stereocenters. The molecule has 0 aromatic heterocycles. The number of carbonyl (C=O) groups excluding carboxylic acids is 1. The summed E-state index contributed by atoms with van der Waals surface area (Å²) in [6, 6.07) is 2.35. The van der Waals surface area contributed by atoms with Gasteiger partial charge in [0.1, 0.15) is 0 Å². The second-order valence-electron chi connectivity index (χ2n) is 3.76. The maximum atomic E-state index is 13.6. The molecule has 1 aromatic rings. The molecule has 0 aliphatic rings. The van der Waals surface area contributed by atoms with Crippen LogP contribution >= 0.6 is 0 Å². The fourth-order valence-electron chi connectivity index (χ4n) is 1.46. The van der Waals surface area contributed by atoms with E-state index in [1.54, 1.807) is 6.92 Å². The first-order chi connectivity index (χ1) is 9.08. The highest BCUT2D eigenvalue weighted by molar-refractivity contribution is 5.71. The highest BCUT2D eigenvalue weighted by Crippen LogP contribution is 2.23. The van der Waals surface area contributed by atoms with Gasteiger partial charge in [0.15, 0.2) is 24.0 Å². The highest BCUT2D eigenvalue weighted by Gasteiger charge is 2.14. The summed E-state index contributed by atoms with van der Waals surface area (Å²) >= 11 is 0. The fraction of sp³-hybridized carbons (Fsp3) is 0.462. The molecule has 1 aromatic carbocycles. The van der Waals surface area contributed by atoms with Crippen LogP contribution in [0.2, 0.25) is 0 Å². The zero-order chi connectivity index (χ0) is 14.3.